The average molecular weight is 564 g/mol. The van der Waals surface area contributed by atoms with Crippen LogP contribution in [0.3, 0.4) is 0 Å². The second-order valence-corrected chi connectivity index (χ2v) is 6.75. The van der Waals surface area contributed by atoms with Gasteiger partial charge in [-0.1, -0.05) is 30.6 Å². The van der Waals surface area contributed by atoms with Gasteiger partial charge in [-0.2, -0.15) is 10.2 Å². The molecule has 0 radical (unpaired) electrons. The van der Waals surface area contributed by atoms with Crippen LogP contribution in [0.2, 0.25) is 10.3 Å². The second kappa shape index (κ2) is 14.9. The summed E-state index contributed by atoms with van der Waals surface area (Å²) in [7, 11) is 0. The molecule has 0 fully saturated rings. The fourth-order valence-electron chi connectivity index (χ4n) is 2.56. The maximum atomic E-state index is 11.7. The van der Waals surface area contributed by atoms with Gasteiger partial charge in [-0.25, -0.2) is 19.0 Å². The predicted molar refractivity (Wildman–Crippen MR) is 137 cm³/mol. The Morgan fingerprint density at radius 1 is 0.914 bits per heavy atom. The molecule has 10 nitrogen and oxygen atoms in total. The van der Waals surface area contributed by atoms with Crippen molar-refractivity contribution < 1.29 is 19.4 Å². The number of aromatic nitrogens is 6. The summed E-state index contributed by atoms with van der Waals surface area (Å²) in [4.78, 5) is 30.4. The molecular weight excluding hydrogens is 542 g/mol. The highest BCUT2D eigenvalue weighted by Gasteiger charge is 2.17. The number of halogens is 4. The summed E-state index contributed by atoms with van der Waals surface area (Å²) in [6, 6.07) is 9.67. The lowest BCUT2D eigenvalue weighted by molar-refractivity contribution is 0.0515. The normalized spacial score (nSPS) is 9.34. The molecule has 0 amide bonds. The first-order chi connectivity index (χ1) is 15.4. The van der Waals surface area contributed by atoms with Crippen LogP contribution in [0.15, 0.2) is 61.2 Å². The van der Waals surface area contributed by atoms with E-state index in [9.17, 15) is 9.59 Å². The summed E-state index contributed by atoms with van der Waals surface area (Å²) in [5, 5.41) is 17.2. The molecule has 0 saturated heterocycles. The molecule has 0 aliphatic rings. The molecule has 14 heteroatoms. The second-order valence-electron chi connectivity index (χ2n) is 5.98. The predicted octanol–water partition coefficient (Wildman–Crippen LogP) is 5.20. The number of hydrogen-bond acceptors (Lipinski definition) is 7. The van der Waals surface area contributed by atoms with E-state index in [1.165, 1.54) is 27.7 Å². The van der Waals surface area contributed by atoms with E-state index in [4.69, 9.17) is 33.0 Å². The SMILES string of the molecule is C.CCOC(=O)c1cc(Cl)nn1-c1cccnc1.Cl.Cl.O=C(O)c1cc(Cl)nn1-c1cccnc1. The molecule has 35 heavy (non-hydrogen) atoms. The fraction of sp³-hybridized carbons (Fsp3) is 0.143. The lowest BCUT2D eigenvalue weighted by Gasteiger charge is -2.05. The van der Waals surface area contributed by atoms with Crippen LogP contribution in [0.25, 0.3) is 11.4 Å². The van der Waals surface area contributed by atoms with Crippen LogP contribution in [0.5, 0.6) is 0 Å². The Hall–Kier alpha value is -3.18. The average Bonchev–Trinajstić information content (AvgIpc) is 3.39. The molecule has 188 valence electrons. The largest absolute Gasteiger partial charge is 0.477 e. The van der Waals surface area contributed by atoms with E-state index in [-0.39, 0.29) is 53.9 Å². The maximum absolute atomic E-state index is 11.7. The zero-order valence-electron chi connectivity index (χ0n) is 17.4. The minimum absolute atomic E-state index is 0. The molecule has 0 spiro atoms. The van der Waals surface area contributed by atoms with E-state index in [1.807, 2.05) is 0 Å². The van der Waals surface area contributed by atoms with E-state index in [1.54, 1.807) is 49.8 Å². The first-order valence-electron chi connectivity index (χ1n) is 9.13. The smallest absolute Gasteiger partial charge is 0.357 e. The van der Waals surface area contributed by atoms with Crippen molar-refractivity contribution in [2.45, 2.75) is 14.4 Å². The van der Waals surface area contributed by atoms with Crippen molar-refractivity contribution in [2.75, 3.05) is 6.61 Å². The number of nitrogens with zero attached hydrogens (tertiary/aromatic N) is 6. The monoisotopic (exact) mass is 562 g/mol. The molecule has 0 aliphatic carbocycles. The Morgan fingerprint density at radius 2 is 1.37 bits per heavy atom. The third-order valence-corrected chi connectivity index (χ3v) is 4.21. The van der Waals surface area contributed by atoms with E-state index in [2.05, 4.69) is 20.2 Å². The lowest BCUT2D eigenvalue weighted by atomic mass is 10.4. The molecule has 4 rings (SSSR count). The van der Waals surface area contributed by atoms with Gasteiger partial charge in [0.1, 0.15) is 0 Å². The van der Waals surface area contributed by atoms with Gasteiger partial charge in [0.15, 0.2) is 21.7 Å². The summed E-state index contributed by atoms with van der Waals surface area (Å²) < 4.78 is 7.57. The zero-order chi connectivity index (χ0) is 23.1. The number of aromatic carboxylic acids is 1. The summed E-state index contributed by atoms with van der Waals surface area (Å²) in [6.07, 6.45) is 6.33. The van der Waals surface area contributed by atoms with Crippen LogP contribution in [0.4, 0.5) is 0 Å². The van der Waals surface area contributed by atoms with Crippen LogP contribution in [-0.2, 0) is 4.74 Å². The number of pyridine rings is 2. The molecule has 0 saturated carbocycles. The van der Waals surface area contributed by atoms with Crippen LogP contribution in [-0.4, -0.2) is 53.2 Å². The number of carboxylic acids is 1. The van der Waals surface area contributed by atoms with Gasteiger partial charge in [-0.15, -0.1) is 24.8 Å². The van der Waals surface area contributed by atoms with E-state index in [0.717, 1.165) is 0 Å². The molecule has 0 aliphatic heterocycles. The Morgan fingerprint density at radius 3 is 1.77 bits per heavy atom. The van der Waals surface area contributed by atoms with Crippen LogP contribution in [0, 0.1) is 0 Å². The Labute approximate surface area is 223 Å². The van der Waals surface area contributed by atoms with Crippen LogP contribution in [0.1, 0.15) is 35.3 Å². The Bertz CT molecular complexity index is 1220. The minimum atomic E-state index is -1.08. The van der Waals surface area contributed by atoms with E-state index >= 15 is 0 Å². The molecule has 4 aromatic heterocycles. The van der Waals surface area contributed by atoms with Crippen molar-refractivity contribution in [3.8, 4) is 11.4 Å². The number of carbonyl (C=O) groups is 2. The number of rotatable bonds is 5. The topological polar surface area (TPSA) is 125 Å². The van der Waals surface area contributed by atoms with Crippen molar-refractivity contribution in [3.05, 3.63) is 82.9 Å². The quantitative estimate of drug-likeness (QED) is 0.328. The highest BCUT2D eigenvalue weighted by Crippen LogP contribution is 2.16. The highest BCUT2D eigenvalue weighted by molar-refractivity contribution is 6.30. The first kappa shape index (κ1) is 31.8. The molecule has 1 N–H and O–H groups in total. The summed E-state index contributed by atoms with van der Waals surface area (Å²) in [6.45, 7) is 2.04. The molecule has 0 aromatic carbocycles. The van der Waals surface area contributed by atoms with Gasteiger partial charge >= 0.3 is 11.9 Å². The van der Waals surface area contributed by atoms with Gasteiger partial charge in [-0.05, 0) is 31.2 Å². The van der Waals surface area contributed by atoms with Gasteiger partial charge in [0.05, 0.1) is 30.4 Å². The van der Waals surface area contributed by atoms with Gasteiger partial charge in [0, 0.05) is 24.5 Å². The van der Waals surface area contributed by atoms with E-state index in [0.29, 0.717) is 18.0 Å². The molecule has 4 aromatic rings. The van der Waals surface area contributed by atoms with Crippen molar-refractivity contribution in [2.24, 2.45) is 0 Å². The molecule has 4 heterocycles. The molecular formula is C21H22Cl4N6O4. The molecule has 0 unspecified atom stereocenters. The Kier molecular flexibility index (Phi) is 13.6. The summed E-state index contributed by atoms with van der Waals surface area (Å²) in [5.74, 6) is -1.55. The van der Waals surface area contributed by atoms with Gasteiger partial charge in [0.25, 0.3) is 0 Å². The van der Waals surface area contributed by atoms with Crippen LogP contribution >= 0.6 is 48.0 Å². The Balaban J connectivity index is 0.000000612. The zero-order valence-corrected chi connectivity index (χ0v) is 20.6. The summed E-state index contributed by atoms with van der Waals surface area (Å²) in [5.41, 5.74) is 1.50. The van der Waals surface area contributed by atoms with Gasteiger partial charge in [-0.3, -0.25) is 9.97 Å². The van der Waals surface area contributed by atoms with E-state index < -0.39 is 11.9 Å². The van der Waals surface area contributed by atoms with Crippen LogP contribution < -0.4 is 0 Å². The minimum Gasteiger partial charge on any atom is -0.477 e. The molecule has 0 bridgehead atoms. The van der Waals surface area contributed by atoms with Crippen molar-refractivity contribution in [1.82, 2.24) is 29.5 Å². The van der Waals surface area contributed by atoms with Gasteiger partial charge in [0.2, 0.25) is 0 Å². The van der Waals surface area contributed by atoms with Crippen molar-refractivity contribution in [1.29, 1.82) is 0 Å². The number of carbonyl (C=O) groups excluding carboxylic acids is 1. The van der Waals surface area contributed by atoms with Crippen molar-refractivity contribution in [3.63, 3.8) is 0 Å². The van der Waals surface area contributed by atoms with Crippen molar-refractivity contribution >= 4 is 60.0 Å². The van der Waals surface area contributed by atoms with Gasteiger partial charge < -0.3 is 9.84 Å². The number of carboxylic acid groups (broad SMARTS) is 1. The third kappa shape index (κ3) is 8.22. The summed E-state index contributed by atoms with van der Waals surface area (Å²) >= 11 is 11.4. The number of hydrogen-bond donors (Lipinski definition) is 1. The lowest BCUT2D eigenvalue weighted by Crippen LogP contribution is -2.11. The number of esters is 1. The maximum Gasteiger partial charge on any atom is 0.357 e. The highest BCUT2D eigenvalue weighted by atomic mass is 35.5. The third-order valence-electron chi connectivity index (χ3n) is 3.84. The number of ether oxygens (including phenoxy) is 1. The fourth-order valence-corrected chi connectivity index (χ4v) is 2.92. The first-order valence-corrected chi connectivity index (χ1v) is 9.88. The standard InChI is InChI=1S/C11H10ClN3O2.C9H6ClN3O2.CH4.2ClH/c1-2-17-11(16)9-6-10(12)14-15(9)8-4-3-5-13-7-8;10-8-4-7(9(14)15)13(12-8)6-2-1-3-11-5-6;;;/h3-7H,2H2,1H3;1-5H,(H,14,15);1H4;2*1H. The molecule has 0 atom stereocenters.